The topological polar surface area (TPSA) is 86.8 Å². The lowest BCUT2D eigenvalue weighted by molar-refractivity contribution is 0.120. The van der Waals surface area contributed by atoms with E-state index in [0.717, 1.165) is 94.5 Å². The third-order valence-electron chi connectivity index (χ3n) is 11.5. The number of benzene rings is 6. The molecule has 3 fully saturated rings. The Hall–Kier alpha value is -4.72. The summed E-state index contributed by atoms with van der Waals surface area (Å²) in [5, 5.41) is 4.03. The van der Waals surface area contributed by atoms with Crippen LogP contribution in [0.1, 0.15) is 0 Å². The SMILES string of the molecule is COc1ccc(P2(=S)SP(=S)(c3ccc(OC)cc3)S2)cc1.O=c1cc(N2CCOCC2)oc2c(-c3ccccc3)cccc12.S=c1cc(N2CCOCC2)oc2c(-c3ccccc3)cccc12. The molecule has 16 heteroatoms. The average Bonchev–Trinajstić information content (AvgIpc) is 3.39. The summed E-state index contributed by atoms with van der Waals surface area (Å²) in [5.41, 5.74) is 5.68. The molecule has 5 heterocycles. The van der Waals surface area contributed by atoms with Crippen LogP contribution in [0.25, 0.3) is 44.2 Å². The molecular weight excluding hydrogens is 987 g/mol. The number of fused-ring (bicyclic) bond motifs is 2. The van der Waals surface area contributed by atoms with Gasteiger partial charge in [0.2, 0.25) is 0 Å². The maximum absolute atomic E-state index is 12.5. The van der Waals surface area contributed by atoms with Crippen molar-refractivity contribution in [3.05, 3.63) is 172 Å². The largest absolute Gasteiger partial charge is 0.497 e. The first-order chi connectivity index (χ1) is 33.1. The van der Waals surface area contributed by atoms with E-state index in [0.29, 0.717) is 30.1 Å². The van der Waals surface area contributed by atoms with Crippen LogP contribution in [-0.4, -0.2) is 66.8 Å². The minimum Gasteiger partial charge on any atom is -0.497 e. The van der Waals surface area contributed by atoms with Crippen molar-refractivity contribution in [2.24, 2.45) is 0 Å². The summed E-state index contributed by atoms with van der Waals surface area (Å²) in [7, 11) is 3.34. The minimum absolute atomic E-state index is 0.00878. The standard InChI is InChI=1S/C19H17NO3.C19H17NO2S.C14H14O2P2S4/c21-17-13-18(20-9-11-22-12-10-20)23-19-15(7-4-8-16(17)19)14-5-2-1-3-6-14;23-17-13-18(20-9-11-21-12-10-20)22-19-15(7-4-8-16(17)19)14-5-2-1-3-6-14;1-15-11-3-7-13(8-4-11)17(19)21-18(20,22-17)14-9-5-12(16-2)6-10-14/h2*1-8,13H,9-12H2;3-10H,1-2H3. The molecule has 3 saturated heterocycles. The zero-order valence-electron chi connectivity index (χ0n) is 37.4. The summed E-state index contributed by atoms with van der Waals surface area (Å²) in [4.78, 5) is 16.8. The van der Waals surface area contributed by atoms with Gasteiger partial charge in [0.25, 0.3) is 0 Å². The molecule has 0 saturated carbocycles. The molecular formula is C52H48N2O7P2S5. The molecule has 0 bridgehead atoms. The molecule has 0 aliphatic carbocycles. The van der Waals surface area contributed by atoms with Gasteiger partial charge in [0.15, 0.2) is 17.2 Å². The average molecular weight is 1040 g/mol. The van der Waals surface area contributed by atoms with Crippen LogP contribution in [0.4, 0.5) is 11.8 Å². The number of rotatable bonds is 8. The van der Waals surface area contributed by atoms with Crippen molar-refractivity contribution in [3.63, 3.8) is 0 Å². The second-order valence-electron chi connectivity index (χ2n) is 15.7. The van der Waals surface area contributed by atoms with Crippen LogP contribution < -0.4 is 35.3 Å². The Labute approximate surface area is 418 Å². The Bertz CT molecular complexity index is 3010. The summed E-state index contributed by atoms with van der Waals surface area (Å²) < 4.78 is 31.1. The summed E-state index contributed by atoms with van der Waals surface area (Å²) in [6.45, 7) is 5.89. The van der Waals surface area contributed by atoms with Gasteiger partial charge >= 0.3 is 0 Å². The van der Waals surface area contributed by atoms with E-state index in [2.05, 4.69) is 52.3 Å². The summed E-state index contributed by atoms with van der Waals surface area (Å²) >= 11 is 21.1. The van der Waals surface area contributed by atoms with E-state index in [4.69, 9.17) is 63.6 Å². The number of hydrogen-bond donors (Lipinski definition) is 0. The van der Waals surface area contributed by atoms with Crippen molar-refractivity contribution in [2.45, 2.75) is 0 Å². The predicted molar refractivity (Wildman–Crippen MR) is 295 cm³/mol. The zero-order chi connectivity index (χ0) is 47.1. The highest BCUT2D eigenvalue weighted by Crippen LogP contribution is 3.04. The maximum atomic E-state index is 12.5. The molecule has 3 aliphatic heterocycles. The molecule has 0 radical (unpaired) electrons. The van der Waals surface area contributed by atoms with Gasteiger partial charge in [-0.3, -0.25) is 4.79 Å². The van der Waals surface area contributed by atoms with Gasteiger partial charge in [0.1, 0.15) is 22.7 Å². The number of hydrogen-bond acceptors (Lipinski definition) is 14. The van der Waals surface area contributed by atoms with Crippen molar-refractivity contribution in [3.8, 4) is 33.8 Å². The number of nitrogens with zero attached hydrogens (tertiary/aromatic N) is 2. The summed E-state index contributed by atoms with van der Waals surface area (Å²) in [5.74, 6) is 3.16. The van der Waals surface area contributed by atoms with Crippen LogP contribution >= 0.6 is 43.1 Å². The third-order valence-corrected chi connectivity index (χ3v) is 43.1. The van der Waals surface area contributed by atoms with Crippen LogP contribution in [0.3, 0.4) is 0 Å². The van der Waals surface area contributed by atoms with E-state index in [1.165, 1.54) is 10.6 Å². The molecule has 2 aromatic heterocycles. The van der Waals surface area contributed by atoms with Gasteiger partial charge < -0.3 is 37.6 Å². The molecule has 0 spiro atoms. The maximum Gasteiger partial charge on any atom is 0.200 e. The summed E-state index contributed by atoms with van der Waals surface area (Å²) in [6.07, 6.45) is 0. The number of anilines is 2. The lowest BCUT2D eigenvalue weighted by Crippen LogP contribution is -2.36. The molecule has 0 atom stereocenters. The smallest absolute Gasteiger partial charge is 0.200 e. The predicted octanol–water partition coefficient (Wildman–Crippen LogP) is 12.7. The van der Waals surface area contributed by atoms with Gasteiger partial charge in [-0.2, -0.15) is 0 Å². The van der Waals surface area contributed by atoms with Crippen LogP contribution in [-0.2, 0) is 33.1 Å². The molecule has 3 aliphatic rings. The van der Waals surface area contributed by atoms with E-state index in [1.807, 2.05) is 131 Å². The highest BCUT2D eigenvalue weighted by Gasteiger charge is 2.45. The first-order valence-corrected chi connectivity index (χ1v) is 32.0. The molecule has 8 aromatic rings. The lowest BCUT2D eigenvalue weighted by atomic mass is 10.0. The van der Waals surface area contributed by atoms with Gasteiger partial charge in [0.05, 0.1) is 59.4 Å². The van der Waals surface area contributed by atoms with Crippen LogP contribution in [0.2, 0.25) is 0 Å². The van der Waals surface area contributed by atoms with E-state index in [-0.39, 0.29) is 5.43 Å². The van der Waals surface area contributed by atoms with Crippen LogP contribution in [0.5, 0.6) is 11.5 Å². The van der Waals surface area contributed by atoms with Gasteiger partial charge in [-0.05, 0) is 71.8 Å². The third kappa shape index (κ3) is 10.8. The lowest BCUT2D eigenvalue weighted by Gasteiger charge is -2.40. The van der Waals surface area contributed by atoms with Gasteiger partial charge in [-0.25, -0.2) is 0 Å². The molecule has 0 unspecified atom stereocenters. The molecule has 0 N–H and O–H groups in total. The highest BCUT2D eigenvalue weighted by molar-refractivity contribution is 9.48. The number of methoxy groups -OCH3 is 2. The van der Waals surface area contributed by atoms with Gasteiger partial charge in [0, 0.05) is 65.4 Å². The molecule has 68 heavy (non-hydrogen) atoms. The monoisotopic (exact) mass is 1030 g/mol. The Kier molecular flexibility index (Phi) is 15.6. The first-order valence-electron chi connectivity index (χ1n) is 22.0. The van der Waals surface area contributed by atoms with Crippen molar-refractivity contribution in [2.75, 3.05) is 76.6 Å². The quantitative estimate of drug-likeness (QED) is 0.107. The Morgan fingerprint density at radius 1 is 0.515 bits per heavy atom. The molecule has 9 nitrogen and oxygen atoms in total. The molecule has 348 valence electrons. The van der Waals surface area contributed by atoms with Crippen molar-refractivity contribution >= 4 is 111 Å². The van der Waals surface area contributed by atoms with Gasteiger partial charge in [-0.1, -0.05) is 143 Å². The Morgan fingerprint density at radius 2 is 0.926 bits per heavy atom. The van der Waals surface area contributed by atoms with E-state index in [1.54, 1.807) is 20.3 Å². The Morgan fingerprint density at radius 3 is 1.37 bits per heavy atom. The second kappa shape index (κ2) is 21.9. The van der Waals surface area contributed by atoms with Crippen LogP contribution in [0.15, 0.2) is 171 Å². The fraction of sp³-hybridized carbons (Fsp3) is 0.192. The fourth-order valence-electron chi connectivity index (χ4n) is 7.91. The number of ether oxygens (including phenoxy) is 4. The zero-order valence-corrected chi connectivity index (χ0v) is 43.2. The first kappa shape index (κ1) is 48.3. The fourth-order valence-corrected chi connectivity index (χ4v) is 50.4. The van der Waals surface area contributed by atoms with Crippen molar-refractivity contribution in [1.29, 1.82) is 0 Å². The molecule has 0 amide bonds. The number of para-hydroxylation sites is 2. The normalized spacial score (nSPS) is 18.9. The van der Waals surface area contributed by atoms with Crippen molar-refractivity contribution in [1.82, 2.24) is 0 Å². The van der Waals surface area contributed by atoms with E-state index in [9.17, 15) is 4.79 Å². The second-order valence-corrected chi connectivity index (χ2v) is 37.5. The van der Waals surface area contributed by atoms with E-state index >= 15 is 0 Å². The number of morpholine rings is 2. The molecule has 11 rings (SSSR count). The molecule has 6 aromatic carbocycles. The van der Waals surface area contributed by atoms with Crippen molar-refractivity contribution < 1.29 is 27.8 Å². The van der Waals surface area contributed by atoms with Gasteiger partial charge in [-0.15, -0.1) is 0 Å². The highest BCUT2D eigenvalue weighted by atomic mass is 33.7. The summed E-state index contributed by atoms with van der Waals surface area (Å²) in [6, 6.07) is 51.8. The van der Waals surface area contributed by atoms with E-state index < -0.39 is 8.88 Å². The minimum atomic E-state index is -1.66. The van der Waals surface area contributed by atoms with Crippen LogP contribution in [0, 0.1) is 4.51 Å². The Balaban J connectivity index is 0.000000127.